The van der Waals surface area contributed by atoms with Crippen LogP contribution in [-0.2, 0) is 5.41 Å². The fraction of sp³-hybridized carbons (Fsp3) is 0.556. The second kappa shape index (κ2) is 10.2. The van der Waals surface area contributed by atoms with Gasteiger partial charge in [0.05, 0.1) is 0 Å². The molecule has 158 valence electrons. The smallest absolute Gasteiger partial charge is 0.115 e. The van der Waals surface area contributed by atoms with Crippen molar-refractivity contribution in [1.82, 2.24) is 0 Å². The first-order valence-electron chi connectivity index (χ1n) is 11.6. The standard InChI is InChI=1S/C27H38O2/c1-21-19-23(28)13-15-25(21)27(26-16-14-24(29)20-22(26)2)17-11-9-7-5-3-4-6-8-10-12-18-27/h13-16,19-20,28-29H,3-12,17-18H2,1-2H3. The number of phenolic OH excluding ortho intramolecular Hbond substituents is 2. The van der Waals surface area contributed by atoms with Crippen LogP contribution in [0.1, 0.15) is 99.3 Å². The maximum absolute atomic E-state index is 10.0. The molecule has 29 heavy (non-hydrogen) atoms. The van der Waals surface area contributed by atoms with Crippen LogP contribution in [0, 0.1) is 13.8 Å². The molecule has 0 aromatic heterocycles. The van der Waals surface area contributed by atoms with Gasteiger partial charge in [-0.15, -0.1) is 0 Å². The van der Waals surface area contributed by atoms with Crippen molar-refractivity contribution in [3.63, 3.8) is 0 Å². The van der Waals surface area contributed by atoms with Crippen molar-refractivity contribution in [3.05, 3.63) is 58.7 Å². The number of aryl methyl sites for hydroxylation is 2. The van der Waals surface area contributed by atoms with Gasteiger partial charge in [0.25, 0.3) is 0 Å². The molecule has 2 aromatic rings. The maximum Gasteiger partial charge on any atom is 0.115 e. The molecule has 0 radical (unpaired) electrons. The highest BCUT2D eigenvalue weighted by atomic mass is 16.3. The Morgan fingerprint density at radius 3 is 1.24 bits per heavy atom. The Kier molecular flexibility index (Phi) is 7.64. The Morgan fingerprint density at radius 1 is 0.552 bits per heavy atom. The molecule has 1 saturated carbocycles. The monoisotopic (exact) mass is 394 g/mol. The first-order chi connectivity index (χ1) is 14.0. The van der Waals surface area contributed by atoms with Gasteiger partial charge in [-0.3, -0.25) is 0 Å². The minimum absolute atomic E-state index is 0.0520. The summed E-state index contributed by atoms with van der Waals surface area (Å²) in [4.78, 5) is 0. The summed E-state index contributed by atoms with van der Waals surface area (Å²) in [5.74, 6) is 0.682. The van der Waals surface area contributed by atoms with Gasteiger partial charge in [-0.2, -0.15) is 0 Å². The van der Waals surface area contributed by atoms with Crippen molar-refractivity contribution < 1.29 is 10.2 Å². The molecular formula is C27H38O2. The SMILES string of the molecule is Cc1cc(O)ccc1C1(c2ccc(O)cc2C)CCCCCCCCCCCC1. The predicted octanol–water partition coefficient (Wildman–Crippen LogP) is 7.70. The molecule has 0 bridgehead atoms. The lowest BCUT2D eigenvalue weighted by atomic mass is 9.65. The number of benzene rings is 2. The van der Waals surface area contributed by atoms with Gasteiger partial charge < -0.3 is 10.2 Å². The van der Waals surface area contributed by atoms with Crippen LogP contribution in [0.2, 0.25) is 0 Å². The zero-order chi connectivity index (χ0) is 20.7. The maximum atomic E-state index is 10.0. The highest BCUT2D eigenvalue weighted by Gasteiger charge is 2.36. The third-order valence-electron chi connectivity index (χ3n) is 6.91. The molecule has 0 heterocycles. The minimum Gasteiger partial charge on any atom is -0.508 e. The van der Waals surface area contributed by atoms with E-state index in [0.717, 1.165) is 12.8 Å². The van der Waals surface area contributed by atoms with E-state index in [1.165, 1.54) is 86.5 Å². The second-order valence-corrected chi connectivity index (χ2v) is 9.12. The number of phenols is 2. The lowest BCUT2D eigenvalue weighted by Gasteiger charge is -2.38. The van der Waals surface area contributed by atoms with E-state index in [0.29, 0.717) is 11.5 Å². The fourth-order valence-electron chi connectivity index (χ4n) is 5.45. The Labute approximate surface area is 177 Å². The van der Waals surface area contributed by atoms with Crippen LogP contribution in [0.25, 0.3) is 0 Å². The molecule has 2 nitrogen and oxygen atoms in total. The quantitative estimate of drug-likeness (QED) is 0.548. The second-order valence-electron chi connectivity index (χ2n) is 9.12. The van der Waals surface area contributed by atoms with E-state index >= 15 is 0 Å². The van der Waals surface area contributed by atoms with Crippen molar-refractivity contribution >= 4 is 0 Å². The van der Waals surface area contributed by atoms with E-state index in [9.17, 15) is 10.2 Å². The van der Waals surface area contributed by atoms with Crippen LogP contribution in [0.4, 0.5) is 0 Å². The topological polar surface area (TPSA) is 40.5 Å². The van der Waals surface area contributed by atoms with Gasteiger partial charge in [0.2, 0.25) is 0 Å². The molecule has 0 spiro atoms. The van der Waals surface area contributed by atoms with Gasteiger partial charge in [0.1, 0.15) is 11.5 Å². The van der Waals surface area contributed by atoms with E-state index in [1.807, 2.05) is 24.3 Å². The van der Waals surface area contributed by atoms with Gasteiger partial charge in [0.15, 0.2) is 0 Å². The lowest BCUT2D eigenvalue weighted by molar-refractivity contribution is 0.389. The zero-order valence-electron chi connectivity index (χ0n) is 18.3. The molecule has 0 saturated heterocycles. The summed E-state index contributed by atoms with van der Waals surface area (Å²) in [7, 11) is 0. The first-order valence-corrected chi connectivity index (χ1v) is 11.6. The number of hydrogen-bond donors (Lipinski definition) is 2. The van der Waals surface area contributed by atoms with Gasteiger partial charge in [0, 0.05) is 5.41 Å². The normalized spacial score (nSPS) is 19.0. The van der Waals surface area contributed by atoms with E-state index in [2.05, 4.69) is 26.0 Å². The highest BCUT2D eigenvalue weighted by molar-refractivity contribution is 5.49. The van der Waals surface area contributed by atoms with Crippen molar-refractivity contribution in [2.24, 2.45) is 0 Å². The zero-order valence-corrected chi connectivity index (χ0v) is 18.3. The van der Waals surface area contributed by atoms with Gasteiger partial charge >= 0.3 is 0 Å². The number of aromatic hydroxyl groups is 2. The summed E-state index contributed by atoms with van der Waals surface area (Å²) in [6, 6.07) is 11.8. The summed E-state index contributed by atoms with van der Waals surface area (Å²) in [5.41, 5.74) is 4.98. The largest absolute Gasteiger partial charge is 0.508 e. The fourth-order valence-corrected chi connectivity index (χ4v) is 5.45. The average Bonchev–Trinajstić information content (AvgIpc) is 2.69. The van der Waals surface area contributed by atoms with Crippen LogP contribution in [0.5, 0.6) is 11.5 Å². The molecule has 0 aliphatic heterocycles. The van der Waals surface area contributed by atoms with Crippen molar-refractivity contribution in [2.75, 3.05) is 0 Å². The van der Waals surface area contributed by atoms with E-state index in [1.54, 1.807) is 0 Å². The van der Waals surface area contributed by atoms with Crippen LogP contribution in [0.15, 0.2) is 36.4 Å². The Hall–Kier alpha value is -1.96. The van der Waals surface area contributed by atoms with E-state index < -0.39 is 0 Å². The lowest BCUT2D eigenvalue weighted by Crippen LogP contribution is -2.30. The minimum atomic E-state index is -0.0520. The molecule has 0 unspecified atom stereocenters. The molecule has 2 aromatic carbocycles. The average molecular weight is 395 g/mol. The summed E-state index contributed by atoms with van der Waals surface area (Å²) in [5, 5.41) is 20.1. The van der Waals surface area contributed by atoms with Crippen molar-refractivity contribution in [2.45, 2.75) is 96.3 Å². The van der Waals surface area contributed by atoms with Crippen LogP contribution < -0.4 is 0 Å². The van der Waals surface area contributed by atoms with Gasteiger partial charge in [-0.05, 0) is 73.2 Å². The summed E-state index contributed by atoms with van der Waals surface area (Å²) in [6.07, 6.45) is 15.5. The van der Waals surface area contributed by atoms with E-state index in [-0.39, 0.29) is 5.41 Å². The van der Waals surface area contributed by atoms with Crippen LogP contribution in [0.3, 0.4) is 0 Å². The summed E-state index contributed by atoms with van der Waals surface area (Å²) in [6.45, 7) is 4.27. The Morgan fingerprint density at radius 2 is 0.897 bits per heavy atom. The van der Waals surface area contributed by atoms with Crippen molar-refractivity contribution in [3.8, 4) is 11.5 Å². The van der Waals surface area contributed by atoms with Crippen molar-refractivity contribution in [1.29, 1.82) is 0 Å². The van der Waals surface area contributed by atoms with Gasteiger partial charge in [-0.25, -0.2) is 0 Å². The summed E-state index contributed by atoms with van der Waals surface area (Å²) >= 11 is 0. The molecular weight excluding hydrogens is 356 g/mol. The molecule has 1 aliphatic rings. The molecule has 0 atom stereocenters. The van der Waals surface area contributed by atoms with Crippen LogP contribution >= 0.6 is 0 Å². The Bertz CT molecular complexity index is 726. The summed E-state index contributed by atoms with van der Waals surface area (Å²) < 4.78 is 0. The third-order valence-corrected chi connectivity index (χ3v) is 6.91. The van der Waals surface area contributed by atoms with Gasteiger partial charge in [-0.1, -0.05) is 76.3 Å². The molecule has 2 heteroatoms. The molecule has 3 rings (SSSR count). The van der Waals surface area contributed by atoms with E-state index in [4.69, 9.17) is 0 Å². The molecule has 0 amide bonds. The molecule has 2 N–H and O–H groups in total. The molecule has 1 aliphatic carbocycles. The molecule has 1 fully saturated rings. The Balaban J connectivity index is 2.07. The number of rotatable bonds is 2. The van der Waals surface area contributed by atoms with Crippen LogP contribution in [-0.4, -0.2) is 10.2 Å². The highest BCUT2D eigenvalue weighted by Crippen LogP contribution is 2.46. The third kappa shape index (κ3) is 5.35. The number of hydrogen-bond acceptors (Lipinski definition) is 2. The first kappa shape index (κ1) is 21.7. The predicted molar refractivity (Wildman–Crippen MR) is 122 cm³/mol.